The molecule has 5 heteroatoms. The number of nitrogens with two attached hydrogens (primary N) is 1. The molecule has 1 aromatic carbocycles. The highest BCUT2D eigenvalue weighted by atomic mass is 16.2. The molecular formula is C14H19N3O2. The van der Waals surface area contributed by atoms with Gasteiger partial charge in [-0.15, -0.1) is 0 Å². The summed E-state index contributed by atoms with van der Waals surface area (Å²) in [6.07, 6.45) is 2.09. The second kappa shape index (κ2) is 5.73. The lowest BCUT2D eigenvalue weighted by Gasteiger charge is -2.21. The molecule has 0 saturated carbocycles. The summed E-state index contributed by atoms with van der Waals surface area (Å²) in [5.74, 6) is -0.263. The molecule has 1 atom stereocenters. The highest BCUT2D eigenvalue weighted by Crippen LogP contribution is 2.10. The average molecular weight is 261 g/mol. The Labute approximate surface area is 112 Å². The molecule has 1 aliphatic heterocycles. The first-order chi connectivity index (χ1) is 9.08. The molecule has 3 N–H and O–H groups in total. The first kappa shape index (κ1) is 13.4. The molecule has 1 saturated heterocycles. The van der Waals surface area contributed by atoms with Gasteiger partial charge >= 0.3 is 0 Å². The van der Waals surface area contributed by atoms with Crippen molar-refractivity contribution in [2.24, 2.45) is 0 Å². The number of nitrogens with zero attached hydrogens (tertiary/aromatic N) is 1. The molecule has 19 heavy (non-hydrogen) atoms. The van der Waals surface area contributed by atoms with E-state index >= 15 is 0 Å². The van der Waals surface area contributed by atoms with Gasteiger partial charge in [-0.2, -0.15) is 0 Å². The predicted octanol–water partition coefficient (Wildman–Crippen LogP) is 1.01. The van der Waals surface area contributed by atoms with Crippen LogP contribution in [0.4, 0.5) is 5.69 Å². The topological polar surface area (TPSA) is 75.4 Å². The van der Waals surface area contributed by atoms with Crippen molar-refractivity contribution in [3.8, 4) is 0 Å². The molecule has 1 aliphatic rings. The first-order valence-electron chi connectivity index (χ1n) is 6.53. The number of benzene rings is 1. The van der Waals surface area contributed by atoms with Crippen LogP contribution in [-0.4, -0.2) is 35.8 Å². The number of carbonyl (C=O) groups excluding carboxylic acids is 2. The highest BCUT2D eigenvalue weighted by Gasteiger charge is 2.24. The third-order valence-corrected chi connectivity index (χ3v) is 3.31. The van der Waals surface area contributed by atoms with Crippen molar-refractivity contribution in [3.63, 3.8) is 0 Å². The molecular weight excluding hydrogens is 242 g/mol. The Balaban J connectivity index is 1.94. The van der Waals surface area contributed by atoms with Crippen LogP contribution in [0.25, 0.3) is 0 Å². The fourth-order valence-corrected chi connectivity index (χ4v) is 2.19. The monoisotopic (exact) mass is 261 g/mol. The number of carbonyl (C=O) groups is 2. The van der Waals surface area contributed by atoms with E-state index in [0.29, 0.717) is 11.3 Å². The van der Waals surface area contributed by atoms with Crippen molar-refractivity contribution in [1.29, 1.82) is 0 Å². The maximum absolute atomic E-state index is 12.1. The van der Waals surface area contributed by atoms with Crippen molar-refractivity contribution in [2.45, 2.75) is 25.8 Å². The zero-order valence-electron chi connectivity index (χ0n) is 11.1. The third-order valence-electron chi connectivity index (χ3n) is 3.31. The third kappa shape index (κ3) is 3.24. The molecule has 0 aliphatic carbocycles. The maximum Gasteiger partial charge on any atom is 0.251 e. The van der Waals surface area contributed by atoms with Gasteiger partial charge in [0.2, 0.25) is 5.91 Å². The molecule has 0 aromatic heterocycles. The zero-order chi connectivity index (χ0) is 13.8. The lowest BCUT2D eigenvalue weighted by atomic mass is 10.2. The molecule has 2 rings (SSSR count). The second-order valence-corrected chi connectivity index (χ2v) is 4.85. The van der Waals surface area contributed by atoms with Crippen molar-refractivity contribution in [1.82, 2.24) is 10.2 Å². The largest absolute Gasteiger partial charge is 0.399 e. The number of hydrogen-bond donors (Lipinski definition) is 2. The fourth-order valence-electron chi connectivity index (χ4n) is 2.19. The molecule has 1 unspecified atom stereocenters. The number of rotatable bonds is 3. The van der Waals surface area contributed by atoms with Gasteiger partial charge in [0, 0.05) is 24.3 Å². The summed E-state index contributed by atoms with van der Waals surface area (Å²) >= 11 is 0. The van der Waals surface area contributed by atoms with Crippen LogP contribution >= 0.6 is 0 Å². The van der Waals surface area contributed by atoms with Gasteiger partial charge in [-0.1, -0.05) is 0 Å². The number of likely N-dealkylation sites (tertiary alicyclic amines) is 1. The van der Waals surface area contributed by atoms with Crippen LogP contribution in [0.15, 0.2) is 24.3 Å². The first-order valence-corrected chi connectivity index (χ1v) is 6.53. The van der Waals surface area contributed by atoms with Gasteiger partial charge in [0.25, 0.3) is 5.91 Å². The van der Waals surface area contributed by atoms with Crippen molar-refractivity contribution >= 4 is 17.5 Å². The molecule has 0 bridgehead atoms. The predicted molar refractivity (Wildman–Crippen MR) is 73.6 cm³/mol. The van der Waals surface area contributed by atoms with Crippen LogP contribution in [0.1, 0.15) is 30.1 Å². The lowest BCUT2D eigenvalue weighted by molar-refractivity contribution is -0.131. The standard InChI is InChI=1S/C14H19N3O2/c1-10(14(19)17-8-2-3-9-17)16-13(18)11-4-6-12(15)7-5-11/h4-7,10H,2-3,8-9,15H2,1H3,(H,16,18). The van der Waals surface area contributed by atoms with Crippen molar-refractivity contribution < 1.29 is 9.59 Å². The summed E-state index contributed by atoms with van der Waals surface area (Å²) in [6.45, 7) is 3.30. The fraction of sp³-hybridized carbons (Fsp3) is 0.429. The Morgan fingerprint density at radius 3 is 2.37 bits per heavy atom. The molecule has 0 spiro atoms. The summed E-state index contributed by atoms with van der Waals surface area (Å²) in [4.78, 5) is 25.8. The molecule has 1 heterocycles. The number of anilines is 1. The van der Waals surface area contributed by atoms with Crippen LogP contribution < -0.4 is 11.1 Å². The quantitative estimate of drug-likeness (QED) is 0.797. The lowest BCUT2D eigenvalue weighted by Crippen LogP contribution is -2.45. The molecule has 0 radical (unpaired) electrons. The molecule has 102 valence electrons. The van der Waals surface area contributed by atoms with Gasteiger partial charge in [0.15, 0.2) is 0 Å². The van der Waals surface area contributed by atoms with Gasteiger partial charge in [-0.3, -0.25) is 9.59 Å². The van der Waals surface area contributed by atoms with E-state index in [4.69, 9.17) is 5.73 Å². The molecule has 2 amide bonds. The van der Waals surface area contributed by atoms with E-state index in [9.17, 15) is 9.59 Å². The van der Waals surface area contributed by atoms with Crippen LogP contribution in [0, 0.1) is 0 Å². The highest BCUT2D eigenvalue weighted by molar-refractivity contribution is 5.97. The SMILES string of the molecule is CC(NC(=O)c1ccc(N)cc1)C(=O)N1CCCC1. The minimum atomic E-state index is -0.497. The van der Waals surface area contributed by atoms with Gasteiger partial charge in [0.1, 0.15) is 6.04 Å². The minimum absolute atomic E-state index is 0.0127. The number of hydrogen-bond acceptors (Lipinski definition) is 3. The van der Waals surface area contributed by atoms with Crippen molar-refractivity contribution in [2.75, 3.05) is 18.8 Å². The van der Waals surface area contributed by atoms with E-state index in [1.165, 1.54) is 0 Å². The Morgan fingerprint density at radius 2 is 1.79 bits per heavy atom. The molecule has 1 fully saturated rings. The summed E-state index contributed by atoms with van der Waals surface area (Å²) in [7, 11) is 0. The van der Waals surface area contributed by atoms with E-state index < -0.39 is 6.04 Å². The number of nitrogens with one attached hydrogen (secondary N) is 1. The van der Waals surface area contributed by atoms with Crippen LogP contribution in [-0.2, 0) is 4.79 Å². The minimum Gasteiger partial charge on any atom is -0.399 e. The Bertz CT molecular complexity index is 464. The summed E-state index contributed by atoms with van der Waals surface area (Å²) in [6, 6.07) is 6.14. The Morgan fingerprint density at radius 1 is 1.21 bits per heavy atom. The Hall–Kier alpha value is -2.04. The normalized spacial score (nSPS) is 16.2. The summed E-state index contributed by atoms with van der Waals surface area (Å²) in [5.41, 5.74) is 6.69. The van der Waals surface area contributed by atoms with E-state index in [1.807, 2.05) is 0 Å². The van der Waals surface area contributed by atoms with Crippen LogP contribution in [0.2, 0.25) is 0 Å². The van der Waals surface area contributed by atoms with E-state index in [1.54, 1.807) is 36.1 Å². The average Bonchev–Trinajstić information content (AvgIpc) is 2.92. The van der Waals surface area contributed by atoms with Gasteiger partial charge in [0.05, 0.1) is 0 Å². The van der Waals surface area contributed by atoms with E-state index in [0.717, 1.165) is 25.9 Å². The smallest absolute Gasteiger partial charge is 0.251 e. The van der Waals surface area contributed by atoms with Gasteiger partial charge in [-0.05, 0) is 44.0 Å². The zero-order valence-corrected chi connectivity index (χ0v) is 11.1. The Kier molecular flexibility index (Phi) is 4.04. The van der Waals surface area contributed by atoms with Crippen LogP contribution in [0.3, 0.4) is 0 Å². The van der Waals surface area contributed by atoms with E-state index in [2.05, 4.69) is 5.32 Å². The second-order valence-electron chi connectivity index (χ2n) is 4.85. The number of nitrogen functional groups attached to an aromatic ring is 1. The molecule has 5 nitrogen and oxygen atoms in total. The number of amides is 2. The maximum atomic E-state index is 12.1. The van der Waals surface area contributed by atoms with E-state index in [-0.39, 0.29) is 11.8 Å². The summed E-state index contributed by atoms with van der Waals surface area (Å²) in [5, 5.41) is 2.72. The molecule has 1 aromatic rings. The van der Waals surface area contributed by atoms with Gasteiger partial charge in [-0.25, -0.2) is 0 Å². The van der Waals surface area contributed by atoms with Crippen molar-refractivity contribution in [3.05, 3.63) is 29.8 Å². The van der Waals surface area contributed by atoms with Gasteiger partial charge < -0.3 is 16.0 Å². The van der Waals surface area contributed by atoms with Crippen LogP contribution in [0.5, 0.6) is 0 Å². The summed E-state index contributed by atoms with van der Waals surface area (Å²) < 4.78 is 0.